The molecule has 2 aromatic rings. The molecule has 0 unspecified atom stereocenters. The van der Waals surface area contributed by atoms with Gasteiger partial charge in [-0.2, -0.15) is 0 Å². The van der Waals surface area contributed by atoms with Crippen LogP contribution < -0.4 is 0 Å². The molecule has 2 heterocycles. The summed E-state index contributed by atoms with van der Waals surface area (Å²) < 4.78 is 12.8. The van der Waals surface area contributed by atoms with Crippen LogP contribution in [0.3, 0.4) is 0 Å². The summed E-state index contributed by atoms with van der Waals surface area (Å²) in [6, 6.07) is 1.92. The van der Waals surface area contributed by atoms with Crippen LogP contribution in [0.15, 0.2) is 35.9 Å². The standard InChI is InChI=1S/C11H9FN2S/c1-8(12)6-11-9(2-5-15-11)10-7-13-3-4-14-10/h2-7H,1H3/b8-6-. The Morgan fingerprint density at radius 1 is 1.47 bits per heavy atom. The van der Waals surface area contributed by atoms with Crippen molar-refractivity contribution in [1.29, 1.82) is 0 Å². The van der Waals surface area contributed by atoms with E-state index in [9.17, 15) is 4.39 Å². The molecule has 76 valence electrons. The third kappa shape index (κ3) is 2.27. The number of nitrogens with zero attached hydrogens (tertiary/aromatic N) is 2. The Kier molecular flexibility index (Phi) is 2.87. The Morgan fingerprint density at radius 2 is 2.33 bits per heavy atom. The van der Waals surface area contributed by atoms with Crippen molar-refractivity contribution in [3.05, 3.63) is 40.7 Å². The molecule has 0 amide bonds. The number of hydrogen-bond acceptors (Lipinski definition) is 3. The summed E-state index contributed by atoms with van der Waals surface area (Å²) in [5.74, 6) is -0.206. The van der Waals surface area contributed by atoms with Gasteiger partial charge in [0.1, 0.15) is 0 Å². The minimum atomic E-state index is -0.206. The van der Waals surface area contributed by atoms with Gasteiger partial charge < -0.3 is 0 Å². The maximum atomic E-state index is 12.8. The largest absolute Gasteiger partial charge is 0.261 e. The lowest BCUT2D eigenvalue weighted by molar-refractivity contribution is 0.648. The van der Waals surface area contributed by atoms with Crippen LogP contribution in [0.25, 0.3) is 17.3 Å². The third-order valence-electron chi connectivity index (χ3n) is 1.86. The molecule has 0 radical (unpaired) electrons. The fourth-order valence-corrected chi connectivity index (χ4v) is 2.14. The van der Waals surface area contributed by atoms with Crippen LogP contribution in [0.2, 0.25) is 0 Å². The molecule has 0 saturated heterocycles. The van der Waals surface area contributed by atoms with Crippen molar-refractivity contribution >= 4 is 17.4 Å². The van der Waals surface area contributed by atoms with E-state index in [4.69, 9.17) is 0 Å². The van der Waals surface area contributed by atoms with E-state index in [1.807, 2.05) is 11.4 Å². The predicted octanol–water partition coefficient (Wildman–Crippen LogP) is 3.54. The van der Waals surface area contributed by atoms with E-state index in [-0.39, 0.29) is 5.83 Å². The van der Waals surface area contributed by atoms with Gasteiger partial charge in [-0.3, -0.25) is 9.97 Å². The number of halogens is 1. The van der Waals surface area contributed by atoms with Crippen LogP contribution in [0.4, 0.5) is 4.39 Å². The Morgan fingerprint density at radius 3 is 3.00 bits per heavy atom. The zero-order valence-corrected chi connectivity index (χ0v) is 8.96. The summed E-state index contributed by atoms with van der Waals surface area (Å²) in [5.41, 5.74) is 1.69. The van der Waals surface area contributed by atoms with Gasteiger partial charge in [-0.05, 0) is 24.4 Å². The molecule has 0 N–H and O–H groups in total. The van der Waals surface area contributed by atoms with E-state index < -0.39 is 0 Å². The van der Waals surface area contributed by atoms with E-state index in [1.165, 1.54) is 24.3 Å². The van der Waals surface area contributed by atoms with Gasteiger partial charge in [-0.1, -0.05) is 0 Å². The number of allylic oxidation sites excluding steroid dienone is 1. The quantitative estimate of drug-likeness (QED) is 0.773. The Balaban J connectivity index is 2.46. The highest BCUT2D eigenvalue weighted by molar-refractivity contribution is 7.11. The van der Waals surface area contributed by atoms with Crippen molar-refractivity contribution in [2.45, 2.75) is 6.92 Å². The Hall–Kier alpha value is -1.55. The van der Waals surface area contributed by atoms with E-state index >= 15 is 0 Å². The fourth-order valence-electron chi connectivity index (χ4n) is 1.26. The summed E-state index contributed by atoms with van der Waals surface area (Å²) in [4.78, 5) is 9.04. The molecule has 0 spiro atoms. The first-order valence-electron chi connectivity index (χ1n) is 4.45. The Bertz CT molecular complexity index is 472. The van der Waals surface area contributed by atoms with Crippen molar-refractivity contribution in [2.24, 2.45) is 0 Å². The monoisotopic (exact) mass is 220 g/mol. The highest BCUT2D eigenvalue weighted by Crippen LogP contribution is 2.28. The minimum absolute atomic E-state index is 0.206. The van der Waals surface area contributed by atoms with E-state index in [0.29, 0.717) is 0 Å². The van der Waals surface area contributed by atoms with Gasteiger partial charge in [-0.25, -0.2) is 4.39 Å². The van der Waals surface area contributed by atoms with Gasteiger partial charge in [0.2, 0.25) is 0 Å². The molecule has 0 fully saturated rings. The lowest BCUT2D eigenvalue weighted by Crippen LogP contribution is -1.83. The summed E-state index contributed by atoms with van der Waals surface area (Å²) in [7, 11) is 0. The number of hydrogen-bond donors (Lipinski definition) is 0. The van der Waals surface area contributed by atoms with Crippen LogP contribution >= 0.6 is 11.3 Å². The van der Waals surface area contributed by atoms with E-state index in [1.54, 1.807) is 18.6 Å². The normalized spacial score (nSPS) is 11.7. The molecule has 2 rings (SSSR count). The molecule has 0 aliphatic carbocycles. The highest BCUT2D eigenvalue weighted by atomic mass is 32.1. The topological polar surface area (TPSA) is 25.8 Å². The molecule has 0 aliphatic rings. The molecule has 15 heavy (non-hydrogen) atoms. The van der Waals surface area contributed by atoms with Gasteiger partial charge in [0.05, 0.1) is 17.7 Å². The van der Waals surface area contributed by atoms with Gasteiger partial charge in [0, 0.05) is 22.8 Å². The molecular weight excluding hydrogens is 211 g/mol. The molecular formula is C11H9FN2S. The van der Waals surface area contributed by atoms with Crippen LogP contribution in [-0.4, -0.2) is 9.97 Å². The fraction of sp³-hybridized carbons (Fsp3) is 0.0909. The predicted molar refractivity (Wildman–Crippen MR) is 60.1 cm³/mol. The van der Waals surface area contributed by atoms with Crippen LogP contribution in [0.1, 0.15) is 11.8 Å². The molecule has 0 bridgehead atoms. The average molecular weight is 220 g/mol. The number of thiophene rings is 1. The van der Waals surface area contributed by atoms with Crippen LogP contribution in [-0.2, 0) is 0 Å². The van der Waals surface area contributed by atoms with Crippen molar-refractivity contribution in [2.75, 3.05) is 0 Å². The minimum Gasteiger partial charge on any atom is -0.261 e. The maximum absolute atomic E-state index is 12.8. The summed E-state index contributed by atoms with van der Waals surface area (Å²) in [5, 5.41) is 1.92. The molecule has 0 aliphatic heterocycles. The van der Waals surface area contributed by atoms with Gasteiger partial charge in [-0.15, -0.1) is 11.3 Å². The van der Waals surface area contributed by atoms with Crippen molar-refractivity contribution in [3.8, 4) is 11.3 Å². The maximum Gasteiger partial charge on any atom is 0.0982 e. The second-order valence-electron chi connectivity index (χ2n) is 3.02. The first-order chi connectivity index (χ1) is 7.27. The second kappa shape index (κ2) is 4.31. The first kappa shape index (κ1) is 9.98. The number of aromatic nitrogens is 2. The Labute approximate surface area is 91.1 Å². The summed E-state index contributed by atoms with van der Waals surface area (Å²) in [6.07, 6.45) is 6.43. The highest BCUT2D eigenvalue weighted by Gasteiger charge is 2.06. The van der Waals surface area contributed by atoms with Gasteiger partial charge >= 0.3 is 0 Å². The lowest BCUT2D eigenvalue weighted by Gasteiger charge is -1.97. The second-order valence-corrected chi connectivity index (χ2v) is 3.97. The first-order valence-corrected chi connectivity index (χ1v) is 5.33. The van der Waals surface area contributed by atoms with E-state index in [0.717, 1.165) is 16.1 Å². The van der Waals surface area contributed by atoms with Crippen LogP contribution in [0.5, 0.6) is 0 Å². The van der Waals surface area contributed by atoms with Crippen LogP contribution in [0, 0.1) is 0 Å². The molecule has 0 aromatic carbocycles. The van der Waals surface area contributed by atoms with Gasteiger partial charge in [0.15, 0.2) is 0 Å². The SMILES string of the molecule is C/C(F)=C/c1sccc1-c1cnccn1. The van der Waals surface area contributed by atoms with Crippen molar-refractivity contribution in [3.63, 3.8) is 0 Å². The molecule has 0 saturated carbocycles. The zero-order chi connectivity index (χ0) is 10.7. The smallest absolute Gasteiger partial charge is 0.0982 e. The molecule has 2 nitrogen and oxygen atoms in total. The third-order valence-corrected chi connectivity index (χ3v) is 2.73. The van der Waals surface area contributed by atoms with Crippen molar-refractivity contribution in [1.82, 2.24) is 9.97 Å². The summed E-state index contributed by atoms with van der Waals surface area (Å²) in [6.45, 7) is 1.43. The van der Waals surface area contributed by atoms with Gasteiger partial charge in [0.25, 0.3) is 0 Å². The van der Waals surface area contributed by atoms with E-state index in [2.05, 4.69) is 9.97 Å². The lowest BCUT2D eigenvalue weighted by atomic mass is 10.2. The average Bonchev–Trinajstić information content (AvgIpc) is 2.66. The molecule has 4 heteroatoms. The number of rotatable bonds is 2. The zero-order valence-electron chi connectivity index (χ0n) is 8.14. The summed E-state index contributed by atoms with van der Waals surface area (Å²) >= 11 is 1.49. The van der Waals surface area contributed by atoms with Crippen molar-refractivity contribution < 1.29 is 4.39 Å². The molecule has 0 atom stereocenters. The molecule has 2 aromatic heterocycles.